The predicted molar refractivity (Wildman–Crippen MR) is 86.6 cm³/mol. The molecule has 1 aromatic heterocycles. The van der Waals surface area contributed by atoms with Crippen LogP contribution in [-0.2, 0) is 15.7 Å². The van der Waals surface area contributed by atoms with E-state index in [0.717, 1.165) is 41.8 Å². The number of thiazole rings is 1. The Labute approximate surface area is 129 Å². The predicted octanol–water partition coefficient (Wildman–Crippen LogP) is 4.70. The zero-order valence-corrected chi connectivity index (χ0v) is 13.6. The average Bonchev–Trinajstić information content (AvgIpc) is 3.04. The van der Waals surface area contributed by atoms with E-state index in [2.05, 4.69) is 44.0 Å². The van der Waals surface area contributed by atoms with Gasteiger partial charge in [0.15, 0.2) is 0 Å². The van der Waals surface area contributed by atoms with Gasteiger partial charge >= 0.3 is 0 Å². The van der Waals surface area contributed by atoms with Crippen molar-refractivity contribution in [1.82, 2.24) is 4.98 Å². The molecule has 1 heterocycles. The van der Waals surface area contributed by atoms with Crippen LogP contribution < -0.4 is 0 Å². The monoisotopic (exact) mass is 300 g/mol. The van der Waals surface area contributed by atoms with Crippen LogP contribution in [0.2, 0.25) is 0 Å². The van der Waals surface area contributed by atoms with Crippen LogP contribution in [-0.4, -0.2) is 11.1 Å². The maximum atomic E-state index is 10.8. The van der Waals surface area contributed by atoms with Gasteiger partial charge in [0.2, 0.25) is 6.08 Å². The first-order chi connectivity index (χ1) is 9.94. The van der Waals surface area contributed by atoms with Gasteiger partial charge < -0.3 is 0 Å². The molecular weight excluding hydrogens is 280 g/mol. The van der Waals surface area contributed by atoms with Gasteiger partial charge in [0.1, 0.15) is 0 Å². The van der Waals surface area contributed by atoms with E-state index in [9.17, 15) is 4.79 Å². The highest BCUT2D eigenvalue weighted by molar-refractivity contribution is 7.18. The molecule has 0 unspecified atom stereocenters. The Morgan fingerprint density at radius 1 is 1.29 bits per heavy atom. The van der Waals surface area contributed by atoms with Gasteiger partial charge in [-0.2, -0.15) is 4.99 Å². The second-order valence-electron chi connectivity index (χ2n) is 6.89. The Morgan fingerprint density at radius 2 is 2.00 bits per heavy atom. The molecule has 0 amide bonds. The van der Waals surface area contributed by atoms with Crippen molar-refractivity contribution in [1.29, 1.82) is 0 Å². The fourth-order valence-corrected chi connectivity index (χ4v) is 4.11. The van der Waals surface area contributed by atoms with Gasteiger partial charge in [0, 0.05) is 5.41 Å². The van der Waals surface area contributed by atoms with Crippen molar-refractivity contribution in [2.75, 3.05) is 0 Å². The summed E-state index contributed by atoms with van der Waals surface area (Å²) in [5, 5.41) is 1.15. The third-order valence-corrected chi connectivity index (χ3v) is 5.70. The smallest absolute Gasteiger partial charge is 0.235 e. The summed E-state index contributed by atoms with van der Waals surface area (Å²) in [6.45, 7) is 6.54. The summed E-state index contributed by atoms with van der Waals surface area (Å²) in [6.07, 6.45) is 5.92. The molecule has 0 bridgehead atoms. The van der Waals surface area contributed by atoms with E-state index in [1.165, 1.54) is 4.70 Å². The number of nitrogens with zero attached hydrogens (tertiary/aromatic N) is 2. The quantitative estimate of drug-likeness (QED) is 0.596. The zero-order chi connectivity index (χ0) is 15.1. The number of benzene rings is 1. The molecule has 1 aromatic carbocycles. The Morgan fingerprint density at radius 3 is 2.62 bits per heavy atom. The lowest BCUT2D eigenvalue weighted by atomic mass is 9.89. The van der Waals surface area contributed by atoms with E-state index in [1.54, 1.807) is 17.4 Å². The summed E-state index contributed by atoms with van der Waals surface area (Å²) in [5.41, 5.74) is 1.90. The maximum absolute atomic E-state index is 10.8. The number of hydrogen-bond donors (Lipinski definition) is 0. The van der Waals surface area contributed by atoms with Gasteiger partial charge in [-0.15, -0.1) is 11.3 Å². The van der Waals surface area contributed by atoms with Crippen LogP contribution in [0.15, 0.2) is 23.2 Å². The van der Waals surface area contributed by atoms with Crippen LogP contribution >= 0.6 is 11.3 Å². The van der Waals surface area contributed by atoms with Gasteiger partial charge in [0.05, 0.1) is 20.8 Å². The van der Waals surface area contributed by atoms with Gasteiger partial charge in [-0.1, -0.05) is 39.7 Å². The lowest BCUT2D eigenvalue weighted by molar-refractivity contribution is 0.456. The topological polar surface area (TPSA) is 42.3 Å². The standard InChI is InChI=1S/C17H20N2OS/c1-16(2,3)15-19-13-7-6-12(10-14(13)21-15)17(18-11-20)8-4-5-9-17/h6-7,10H,4-5,8-9H2,1-3H3. The van der Waals surface area contributed by atoms with Crippen molar-refractivity contribution in [3.05, 3.63) is 28.8 Å². The lowest BCUT2D eigenvalue weighted by Crippen LogP contribution is -2.18. The molecule has 0 aliphatic heterocycles. The van der Waals surface area contributed by atoms with Crippen molar-refractivity contribution >= 4 is 27.6 Å². The van der Waals surface area contributed by atoms with E-state index in [0.29, 0.717) is 0 Å². The summed E-state index contributed by atoms with van der Waals surface area (Å²) in [4.78, 5) is 19.7. The number of aliphatic imine (C=N–C) groups is 1. The van der Waals surface area contributed by atoms with Gasteiger partial charge in [-0.3, -0.25) is 0 Å². The van der Waals surface area contributed by atoms with E-state index >= 15 is 0 Å². The van der Waals surface area contributed by atoms with Crippen molar-refractivity contribution in [3.8, 4) is 0 Å². The number of hydrogen-bond acceptors (Lipinski definition) is 4. The van der Waals surface area contributed by atoms with Crippen molar-refractivity contribution in [3.63, 3.8) is 0 Å². The van der Waals surface area contributed by atoms with Crippen molar-refractivity contribution in [2.45, 2.75) is 57.4 Å². The third kappa shape index (κ3) is 2.54. The molecule has 1 saturated carbocycles. The van der Waals surface area contributed by atoms with Crippen LogP contribution in [0.3, 0.4) is 0 Å². The molecular formula is C17H20N2OS. The molecule has 21 heavy (non-hydrogen) atoms. The first-order valence-corrected chi connectivity index (χ1v) is 8.27. The summed E-state index contributed by atoms with van der Waals surface area (Å²) in [7, 11) is 0. The molecule has 0 atom stereocenters. The normalized spacial score (nSPS) is 17.9. The first kappa shape index (κ1) is 14.4. The van der Waals surface area contributed by atoms with E-state index < -0.39 is 0 Å². The molecule has 1 aliphatic carbocycles. The fourth-order valence-electron chi connectivity index (χ4n) is 3.05. The second-order valence-corrected chi connectivity index (χ2v) is 7.92. The van der Waals surface area contributed by atoms with Crippen LogP contribution in [0, 0.1) is 0 Å². The van der Waals surface area contributed by atoms with Gasteiger partial charge in [-0.25, -0.2) is 9.78 Å². The van der Waals surface area contributed by atoms with Crippen molar-refractivity contribution in [2.24, 2.45) is 4.99 Å². The number of rotatable bonds is 2. The Balaban J connectivity index is 2.10. The van der Waals surface area contributed by atoms with Gasteiger partial charge in [0.25, 0.3) is 0 Å². The Hall–Kier alpha value is -1.51. The molecule has 2 aromatic rings. The molecule has 110 valence electrons. The molecule has 3 nitrogen and oxygen atoms in total. The van der Waals surface area contributed by atoms with Gasteiger partial charge in [-0.05, 0) is 30.5 Å². The Kier molecular flexibility index (Phi) is 3.46. The highest BCUT2D eigenvalue weighted by Gasteiger charge is 2.36. The molecule has 0 radical (unpaired) electrons. The minimum absolute atomic E-state index is 0.0653. The summed E-state index contributed by atoms with van der Waals surface area (Å²) in [6, 6.07) is 6.33. The summed E-state index contributed by atoms with van der Waals surface area (Å²) in [5.74, 6) is 0. The lowest BCUT2D eigenvalue weighted by Gasteiger charge is -2.22. The molecule has 1 aliphatic rings. The summed E-state index contributed by atoms with van der Waals surface area (Å²) >= 11 is 1.74. The highest BCUT2D eigenvalue weighted by atomic mass is 32.1. The first-order valence-electron chi connectivity index (χ1n) is 7.45. The maximum Gasteiger partial charge on any atom is 0.235 e. The number of aromatic nitrogens is 1. The third-order valence-electron chi connectivity index (χ3n) is 4.26. The molecule has 3 rings (SSSR count). The van der Waals surface area contributed by atoms with Crippen LogP contribution in [0.1, 0.15) is 57.0 Å². The molecule has 0 N–H and O–H groups in total. The summed E-state index contributed by atoms with van der Waals surface area (Å²) < 4.78 is 1.18. The molecule has 0 spiro atoms. The minimum atomic E-state index is -0.345. The largest absolute Gasteiger partial charge is 0.241 e. The van der Waals surface area contributed by atoms with Crippen molar-refractivity contribution < 1.29 is 4.79 Å². The average molecular weight is 300 g/mol. The van der Waals surface area contributed by atoms with E-state index in [4.69, 9.17) is 4.98 Å². The number of fused-ring (bicyclic) bond motifs is 1. The van der Waals surface area contributed by atoms with Crippen LogP contribution in [0.4, 0.5) is 0 Å². The number of isocyanates is 1. The Bertz CT molecular complexity index is 714. The zero-order valence-electron chi connectivity index (χ0n) is 12.8. The molecule has 1 fully saturated rings. The van der Waals surface area contributed by atoms with E-state index in [-0.39, 0.29) is 11.0 Å². The van der Waals surface area contributed by atoms with Crippen LogP contribution in [0.25, 0.3) is 10.2 Å². The molecule has 0 saturated heterocycles. The minimum Gasteiger partial charge on any atom is -0.241 e. The fraction of sp³-hybridized carbons (Fsp3) is 0.529. The van der Waals surface area contributed by atoms with Crippen LogP contribution in [0.5, 0.6) is 0 Å². The number of carbonyl (C=O) groups excluding carboxylic acids is 1. The highest BCUT2D eigenvalue weighted by Crippen LogP contribution is 2.43. The van der Waals surface area contributed by atoms with E-state index in [1.807, 2.05) is 0 Å². The molecule has 4 heteroatoms. The SMILES string of the molecule is CC(C)(C)c1nc2ccc(C3(N=C=O)CCCC3)cc2s1. The second kappa shape index (κ2) is 5.04.